The standard InChI is InChI=1S/C23H28N2O5S2/c1-7-29-20(27)16-13(3)17(21(28)30-8-2)32-19(16)25-22(31)24-18(26)14-9-11-15(12-10-14)23(4,5)6/h9-12H,7-8H2,1-6H3,(H2,24,25,26,31). The van der Waals surface area contributed by atoms with E-state index in [1.54, 1.807) is 32.9 Å². The van der Waals surface area contributed by atoms with Gasteiger partial charge in [-0.05, 0) is 61.7 Å². The number of thiophene rings is 1. The first kappa shape index (κ1) is 25.5. The van der Waals surface area contributed by atoms with Crippen LogP contribution in [0.15, 0.2) is 24.3 Å². The van der Waals surface area contributed by atoms with E-state index in [0.717, 1.165) is 16.9 Å². The predicted molar refractivity (Wildman–Crippen MR) is 130 cm³/mol. The van der Waals surface area contributed by atoms with E-state index in [0.29, 0.717) is 16.1 Å². The fourth-order valence-electron chi connectivity index (χ4n) is 2.87. The predicted octanol–water partition coefficient (Wildman–Crippen LogP) is 4.83. The molecule has 0 saturated heterocycles. The van der Waals surface area contributed by atoms with E-state index in [2.05, 4.69) is 31.4 Å². The third kappa shape index (κ3) is 6.14. The molecule has 0 aliphatic carbocycles. The number of nitrogens with one attached hydrogen (secondary N) is 2. The minimum absolute atomic E-state index is 0.00268. The molecule has 0 atom stereocenters. The molecule has 1 amide bonds. The van der Waals surface area contributed by atoms with Crippen LogP contribution >= 0.6 is 23.6 Å². The van der Waals surface area contributed by atoms with Gasteiger partial charge in [-0.3, -0.25) is 10.1 Å². The Hall–Kier alpha value is -2.78. The average Bonchev–Trinajstić information content (AvgIpc) is 3.03. The number of rotatable bonds is 6. The van der Waals surface area contributed by atoms with Crippen molar-refractivity contribution in [3.8, 4) is 0 Å². The van der Waals surface area contributed by atoms with Crippen LogP contribution in [0.4, 0.5) is 5.00 Å². The molecule has 0 saturated carbocycles. The molecule has 0 aliphatic heterocycles. The van der Waals surface area contributed by atoms with Crippen molar-refractivity contribution in [1.82, 2.24) is 5.32 Å². The lowest BCUT2D eigenvalue weighted by Crippen LogP contribution is -2.34. The van der Waals surface area contributed by atoms with Crippen molar-refractivity contribution in [2.75, 3.05) is 18.5 Å². The zero-order valence-corrected chi connectivity index (χ0v) is 20.7. The van der Waals surface area contributed by atoms with Gasteiger partial charge in [0.2, 0.25) is 0 Å². The van der Waals surface area contributed by atoms with Gasteiger partial charge in [0.15, 0.2) is 5.11 Å². The van der Waals surface area contributed by atoms with Gasteiger partial charge in [-0.1, -0.05) is 32.9 Å². The van der Waals surface area contributed by atoms with Gasteiger partial charge in [0.05, 0.1) is 18.8 Å². The average molecular weight is 477 g/mol. The molecule has 0 fully saturated rings. The number of carbonyl (C=O) groups excluding carboxylic acids is 3. The Morgan fingerprint density at radius 3 is 2.09 bits per heavy atom. The maximum Gasteiger partial charge on any atom is 0.348 e. The van der Waals surface area contributed by atoms with Gasteiger partial charge in [-0.15, -0.1) is 11.3 Å². The molecule has 32 heavy (non-hydrogen) atoms. The summed E-state index contributed by atoms with van der Waals surface area (Å²) in [6.45, 7) is 11.7. The van der Waals surface area contributed by atoms with E-state index in [1.165, 1.54) is 0 Å². The number of benzene rings is 1. The molecule has 2 aromatic rings. The summed E-state index contributed by atoms with van der Waals surface area (Å²) in [5.41, 5.74) is 2.15. The van der Waals surface area contributed by atoms with Crippen molar-refractivity contribution in [2.45, 2.75) is 47.0 Å². The van der Waals surface area contributed by atoms with Crippen LogP contribution < -0.4 is 10.6 Å². The van der Waals surface area contributed by atoms with Crippen LogP contribution in [-0.4, -0.2) is 36.2 Å². The third-order valence-corrected chi connectivity index (χ3v) is 5.95. The van der Waals surface area contributed by atoms with E-state index in [9.17, 15) is 14.4 Å². The van der Waals surface area contributed by atoms with E-state index in [-0.39, 0.29) is 40.1 Å². The number of carbonyl (C=O) groups is 3. The highest BCUT2D eigenvalue weighted by Crippen LogP contribution is 2.34. The normalized spacial score (nSPS) is 10.9. The molecule has 2 N–H and O–H groups in total. The van der Waals surface area contributed by atoms with Crippen molar-refractivity contribution in [3.05, 3.63) is 51.4 Å². The summed E-state index contributed by atoms with van der Waals surface area (Å²) in [5, 5.41) is 5.76. The monoisotopic (exact) mass is 476 g/mol. The molecule has 0 spiro atoms. The van der Waals surface area contributed by atoms with Crippen molar-refractivity contribution in [2.24, 2.45) is 0 Å². The summed E-state index contributed by atoms with van der Waals surface area (Å²) in [4.78, 5) is 37.6. The Bertz CT molecular complexity index is 1020. The lowest BCUT2D eigenvalue weighted by atomic mass is 9.87. The van der Waals surface area contributed by atoms with Crippen LogP contribution in [0.25, 0.3) is 0 Å². The van der Waals surface area contributed by atoms with Crippen molar-refractivity contribution in [3.63, 3.8) is 0 Å². The quantitative estimate of drug-likeness (QED) is 0.455. The second-order valence-electron chi connectivity index (χ2n) is 7.94. The summed E-state index contributed by atoms with van der Waals surface area (Å²) in [6, 6.07) is 7.27. The summed E-state index contributed by atoms with van der Waals surface area (Å²) in [5.74, 6) is -1.52. The summed E-state index contributed by atoms with van der Waals surface area (Å²) < 4.78 is 10.2. The zero-order valence-electron chi connectivity index (χ0n) is 19.1. The maximum absolute atomic E-state index is 12.6. The zero-order chi connectivity index (χ0) is 24.1. The van der Waals surface area contributed by atoms with Gasteiger partial charge in [-0.2, -0.15) is 0 Å². The maximum atomic E-state index is 12.6. The van der Waals surface area contributed by atoms with Crippen LogP contribution in [0.5, 0.6) is 0 Å². The smallest absolute Gasteiger partial charge is 0.348 e. The van der Waals surface area contributed by atoms with Crippen molar-refractivity contribution in [1.29, 1.82) is 0 Å². The highest BCUT2D eigenvalue weighted by atomic mass is 32.1. The topological polar surface area (TPSA) is 93.7 Å². The number of thiocarbonyl (C=S) groups is 1. The van der Waals surface area contributed by atoms with Crippen LogP contribution in [0.2, 0.25) is 0 Å². The second kappa shape index (κ2) is 10.7. The number of hydrogen-bond acceptors (Lipinski definition) is 7. The first-order valence-electron chi connectivity index (χ1n) is 10.2. The van der Waals surface area contributed by atoms with Crippen LogP contribution in [0, 0.1) is 6.92 Å². The van der Waals surface area contributed by atoms with Gasteiger partial charge in [-0.25, -0.2) is 9.59 Å². The molecule has 1 heterocycles. The summed E-state index contributed by atoms with van der Waals surface area (Å²) >= 11 is 6.29. The Morgan fingerprint density at radius 1 is 1.00 bits per heavy atom. The molecular formula is C23H28N2O5S2. The second-order valence-corrected chi connectivity index (χ2v) is 9.37. The summed E-state index contributed by atoms with van der Waals surface area (Å²) in [7, 11) is 0. The van der Waals surface area contributed by atoms with Crippen molar-refractivity contribution >= 4 is 51.5 Å². The molecule has 172 valence electrons. The van der Waals surface area contributed by atoms with Crippen LogP contribution in [0.3, 0.4) is 0 Å². The van der Waals surface area contributed by atoms with E-state index in [1.807, 2.05) is 12.1 Å². The number of esters is 2. The van der Waals surface area contributed by atoms with E-state index in [4.69, 9.17) is 21.7 Å². The Labute approximate surface area is 197 Å². The fraction of sp³-hybridized carbons (Fsp3) is 0.391. The molecule has 7 nitrogen and oxygen atoms in total. The van der Waals surface area contributed by atoms with E-state index < -0.39 is 11.9 Å². The lowest BCUT2D eigenvalue weighted by molar-refractivity contribution is 0.0527. The van der Waals surface area contributed by atoms with Crippen LogP contribution in [0.1, 0.15) is 76.1 Å². The Kier molecular flexibility index (Phi) is 8.51. The molecule has 0 unspecified atom stereocenters. The van der Waals surface area contributed by atoms with Gasteiger partial charge in [0, 0.05) is 5.56 Å². The van der Waals surface area contributed by atoms with E-state index >= 15 is 0 Å². The first-order chi connectivity index (χ1) is 15.0. The SMILES string of the molecule is CCOC(=O)c1sc(NC(=S)NC(=O)c2ccc(C(C)(C)C)cc2)c(C(=O)OCC)c1C. The lowest BCUT2D eigenvalue weighted by Gasteiger charge is -2.19. The number of anilines is 1. The van der Waals surface area contributed by atoms with Gasteiger partial charge in [0.1, 0.15) is 9.88 Å². The third-order valence-electron chi connectivity index (χ3n) is 4.55. The van der Waals surface area contributed by atoms with Crippen LogP contribution in [-0.2, 0) is 14.9 Å². The first-order valence-corrected chi connectivity index (χ1v) is 11.4. The van der Waals surface area contributed by atoms with Gasteiger partial charge in [0.25, 0.3) is 5.91 Å². The van der Waals surface area contributed by atoms with Gasteiger partial charge < -0.3 is 14.8 Å². The molecule has 1 aromatic heterocycles. The highest BCUT2D eigenvalue weighted by molar-refractivity contribution is 7.80. The number of ether oxygens (including phenoxy) is 2. The molecule has 0 radical (unpaired) electrons. The molecule has 1 aromatic carbocycles. The molecule has 2 rings (SSSR count). The van der Waals surface area contributed by atoms with Crippen molar-refractivity contribution < 1.29 is 23.9 Å². The Morgan fingerprint density at radius 2 is 1.56 bits per heavy atom. The number of hydrogen-bond donors (Lipinski definition) is 2. The minimum Gasteiger partial charge on any atom is -0.462 e. The minimum atomic E-state index is -0.591. The molecule has 9 heteroatoms. The summed E-state index contributed by atoms with van der Waals surface area (Å²) in [6.07, 6.45) is 0. The highest BCUT2D eigenvalue weighted by Gasteiger charge is 2.27. The van der Waals surface area contributed by atoms with Gasteiger partial charge >= 0.3 is 11.9 Å². The Balaban J connectivity index is 2.22. The molecule has 0 aliphatic rings. The molecular weight excluding hydrogens is 448 g/mol. The molecule has 0 bridgehead atoms. The number of amides is 1. The largest absolute Gasteiger partial charge is 0.462 e. The fourth-order valence-corrected chi connectivity index (χ4v) is 4.23.